The van der Waals surface area contributed by atoms with Crippen LogP contribution in [0.5, 0.6) is 0 Å². The van der Waals surface area contributed by atoms with Crippen LogP contribution in [0.2, 0.25) is 0 Å². The number of hydrogen-bond donors (Lipinski definition) is 5. The molecule has 0 radical (unpaired) electrons. The van der Waals surface area contributed by atoms with Crippen molar-refractivity contribution in [1.29, 1.82) is 0 Å². The minimum absolute atomic E-state index is 0.00163. The Morgan fingerprint density at radius 2 is 1.67 bits per heavy atom. The van der Waals surface area contributed by atoms with Gasteiger partial charge in [-0.1, -0.05) is 20.8 Å². The largest absolute Gasteiger partial charge is 0.481 e. The highest BCUT2D eigenvalue weighted by molar-refractivity contribution is 6.19. The van der Waals surface area contributed by atoms with Crippen LogP contribution in [-0.2, 0) is 32.0 Å². The number of aromatic amines is 1. The molecule has 1 saturated heterocycles. The minimum atomic E-state index is -0.903. The van der Waals surface area contributed by atoms with Gasteiger partial charge in [-0.05, 0) is 86.5 Å². The zero-order valence-electron chi connectivity index (χ0n) is 25.8. The second-order valence-electron chi connectivity index (χ2n) is 11.7. The molecule has 1 aromatic heterocycles. The van der Waals surface area contributed by atoms with Gasteiger partial charge in [-0.15, -0.1) is 0 Å². The fourth-order valence-corrected chi connectivity index (χ4v) is 6.42. The maximum atomic E-state index is 12.4. The van der Waals surface area contributed by atoms with E-state index in [1.807, 2.05) is 46.8 Å². The number of carboxylic acid groups (broad SMARTS) is 2. The van der Waals surface area contributed by atoms with Gasteiger partial charge in [-0.3, -0.25) is 19.2 Å². The summed E-state index contributed by atoms with van der Waals surface area (Å²) in [6.45, 7) is 11.7. The summed E-state index contributed by atoms with van der Waals surface area (Å²) in [5.41, 5.74) is 9.15. The van der Waals surface area contributed by atoms with E-state index >= 15 is 0 Å². The summed E-state index contributed by atoms with van der Waals surface area (Å²) in [7, 11) is 0. The van der Waals surface area contributed by atoms with Crippen LogP contribution in [0.15, 0.2) is 44.8 Å². The van der Waals surface area contributed by atoms with Gasteiger partial charge in [-0.2, -0.15) is 0 Å². The van der Waals surface area contributed by atoms with E-state index in [4.69, 9.17) is 0 Å². The van der Waals surface area contributed by atoms with Gasteiger partial charge in [0.15, 0.2) is 0 Å². The molecule has 2 amide bonds. The van der Waals surface area contributed by atoms with E-state index in [9.17, 15) is 29.4 Å². The highest BCUT2D eigenvalue weighted by atomic mass is 16.4. The number of carboxylic acids is 2. The predicted molar refractivity (Wildman–Crippen MR) is 164 cm³/mol. The Hall–Kier alpha value is -4.21. The standard InChI is InChI=1S/C33H42N4O6/c1-7-20-19(6)32(42)37-27(20)14-25-18(5)23(10-12-31(40)41)29(35-25)15-28-22(9-11-30(38)39)17(4)24(34-28)13-26-16(3)21(8-2)33(43)36-26/h14-15,19-20,25,34-35H,7-13H2,1-6H3,(H,37,42)(H,38,39)(H,40,41)/b27-14-,29-15-/t19-,20-,25?/m1/s1. The third kappa shape index (κ3) is 6.58. The number of carbonyl (C=O) groups excluding carboxylic acids is 2. The quantitative estimate of drug-likeness (QED) is 0.234. The fraction of sp³-hybridized carbons (Fsp3) is 0.485. The molecule has 10 nitrogen and oxygen atoms in total. The van der Waals surface area contributed by atoms with E-state index in [-0.39, 0.29) is 42.5 Å². The van der Waals surface area contributed by atoms with E-state index in [0.29, 0.717) is 37.0 Å². The maximum Gasteiger partial charge on any atom is 0.303 e. The second kappa shape index (κ2) is 13.0. The number of aromatic nitrogens is 1. The molecule has 230 valence electrons. The van der Waals surface area contributed by atoms with E-state index < -0.39 is 11.9 Å². The Kier molecular flexibility index (Phi) is 9.57. The molecule has 0 saturated carbocycles. The molecule has 3 aliphatic rings. The maximum absolute atomic E-state index is 12.4. The third-order valence-electron chi connectivity index (χ3n) is 9.11. The smallest absolute Gasteiger partial charge is 0.303 e. The number of H-pyrrole nitrogens is 1. The van der Waals surface area contributed by atoms with Crippen LogP contribution in [-0.4, -0.2) is 50.7 Å². The number of aliphatic imine (C=N–C) groups is 1. The lowest BCUT2D eigenvalue weighted by molar-refractivity contribution is -0.138. The molecule has 4 heterocycles. The first-order valence-corrected chi connectivity index (χ1v) is 15.0. The number of amides is 2. The zero-order valence-corrected chi connectivity index (χ0v) is 25.8. The molecule has 1 unspecified atom stereocenters. The molecule has 5 N–H and O–H groups in total. The summed E-state index contributed by atoms with van der Waals surface area (Å²) < 4.78 is 0. The average molecular weight is 591 g/mol. The van der Waals surface area contributed by atoms with Crippen LogP contribution < -0.4 is 10.6 Å². The van der Waals surface area contributed by atoms with Crippen molar-refractivity contribution >= 4 is 35.5 Å². The molecule has 0 aliphatic carbocycles. The summed E-state index contributed by atoms with van der Waals surface area (Å²) in [4.78, 5) is 55.6. The van der Waals surface area contributed by atoms with Gasteiger partial charge in [0.25, 0.3) is 5.91 Å². The summed E-state index contributed by atoms with van der Waals surface area (Å²) in [6, 6.07) is -0.234. The fourth-order valence-electron chi connectivity index (χ4n) is 6.42. The van der Waals surface area contributed by atoms with Crippen molar-refractivity contribution in [3.8, 4) is 0 Å². The van der Waals surface area contributed by atoms with Crippen LogP contribution in [0.4, 0.5) is 0 Å². The molecular weight excluding hydrogens is 548 g/mol. The van der Waals surface area contributed by atoms with Crippen molar-refractivity contribution in [2.75, 3.05) is 0 Å². The van der Waals surface area contributed by atoms with Gasteiger partial charge in [0.1, 0.15) is 0 Å². The van der Waals surface area contributed by atoms with Crippen molar-refractivity contribution in [1.82, 2.24) is 15.6 Å². The van der Waals surface area contributed by atoms with E-state index in [0.717, 1.165) is 57.0 Å². The van der Waals surface area contributed by atoms with Gasteiger partial charge in [0.05, 0.1) is 11.8 Å². The molecule has 0 spiro atoms. The molecule has 3 atom stereocenters. The molecule has 10 heteroatoms. The first-order valence-electron chi connectivity index (χ1n) is 15.0. The van der Waals surface area contributed by atoms with Gasteiger partial charge in [0.2, 0.25) is 5.91 Å². The summed E-state index contributed by atoms with van der Waals surface area (Å²) in [6.07, 6.45) is 6.33. The highest BCUT2D eigenvalue weighted by Gasteiger charge is 2.35. The van der Waals surface area contributed by atoms with Crippen molar-refractivity contribution in [3.05, 3.63) is 62.3 Å². The van der Waals surface area contributed by atoms with Crippen LogP contribution in [0, 0.1) is 18.8 Å². The molecule has 3 aliphatic heterocycles. The van der Waals surface area contributed by atoms with E-state index in [1.165, 1.54) is 0 Å². The summed E-state index contributed by atoms with van der Waals surface area (Å²) in [5.74, 6) is -2.03. The van der Waals surface area contributed by atoms with Gasteiger partial charge in [0, 0.05) is 59.5 Å². The van der Waals surface area contributed by atoms with Crippen LogP contribution >= 0.6 is 0 Å². The summed E-state index contributed by atoms with van der Waals surface area (Å²) in [5, 5.41) is 25.5. The van der Waals surface area contributed by atoms with Crippen molar-refractivity contribution in [2.45, 2.75) is 92.5 Å². The Balaban J connectivity index is 1.74. The van der Waals surface area contributed by atoms with Crippen LogP contribution in [0.25, 0.3) is 6.08 Å². The van der Waals surface area contributed by atoms with Crippen LogP contribution in [0.1, 0.15) is 89.2 Å². The highest BCUT2D eigenvalue weighted by Crippen LogP contribution is 2.35. The predicted octanol–water partition coefficient (Wildman–Crippen LogP) is 4.76. The lowest BCUT2D eigenvalue weighted by atomic mass is 9.91. The Morgan fingerprint density at radius 3 is 2.28 bits per heavy atom. The number of allylic oxidation sites excluding steroid dienone is 3. The zero-order chi connectivity index (χ0) is 31.6. The third-order valence-corrected chi connectivity index (χ3v) is 9.11. The Morgan fingerprint density at radius 1 is 1.00 bits per heavy atom. The van der Waals surface area contributed by atoms with Gasteiger partial charge >= 0.3 is 11.9 Å². The monoisotopic (exact) mass is 590 g/mol. The van der Waals surface area contributed by atoms with Crippen LogP contribution in [0.3, 0.4) is 0 Å². The Bertz CT molecular complexity index is 1520. The molecule has 43 heavy (non-hydrogen) atoms. The lowest BCUT2D eigenvalue weighted by Gasteiger charge is -2.15. The van der Waals surface area contributed by atoms with Crippen molar-refractivity contribution in [2.24, 2.45) is 16.8 Å². The molecular formula is C33H42N4O6. The number of aliphatic carboxylic acids is 2. The van der Waals surface area contributed by atoms with E-state index in [2.05, 4.69) is 27.5 Å². The number of nitrogens with one attached hydrogen (secondary N) is 3. The molecule has 1 fully saturated rings. The lowest BCUT2D eigenvalue weighted by Crippen LogP contribution is -2.24. The number of carbonyl (C=O) groups is 4. The van der Waals surface area contributed by atoms with E-state index in [1.54, 1.807) is 0 Å². The van der Waals surface area contributed by atoms with Gasteiger partial charge in [-0.25, -0.2) is 4.99 Å². The summed E-state index contributed by atoms with van der Waals surface area (Å²) >= 11 is 0. The molecule has 4 rings (SSSR count). The molecule has 1 aromatic rings. The topological polar surface area (TPSA) is 161 Å². The number of nitrogens with zero attached hydrogens (tertiary/aromatic N) is 1. The normalized spacial score (nSPS) is 24.0. The first kappa shape index (κ1) is 31.7. The van der Waals surface area contributed by atoms with Crippen molar-refractivity contribution < 1.29 is 29.4 Å². The molecule has 0 bridgehead atoms. The number of rotatable bonds is 12. The Labute approximate surface area is 252 Å². The van der Waals surface area contributed by atoms with Crippen molar-refractivity contribution in [3.63, 3.8) is 0 Å². The van der Waals surface area contributed by atoms with Gasteiger partial charge < -0.3 is 25.8 Å². The second-order valence-corrected chi connectivity index (χ2v) is 11.7. The molecule has 0 aromatic carbocycles. The SMILES string of the molecule is CCC1=C(C)C(Cc2[nH]c(/C=C3\NC(/C=C4\NC(=O)[C@H](C)[C@H]4CC)C(C)=C3CCC(=O)O)c(CCC(=O)O)c2C)=NC1=O. The minimum Gasteiger partial charge on any atom is -0.481 e. The average Bonchev–Trinajstić information content (AvgIpc) is 3.59. The number of hydrogen-bond acceptors (Lipinski definition) is 5. The first-order chi connectivity index (χ1) is 20.4.